The number of nitrogens with one attached hydrogen (secondary N) is 1. The van der Waals surface area contributed by atoms with Crippen LogP contribution in [-0.4, -0.2) is 6.54 Å². The van der Waals surface area contributed by atoms with Crippen molar-refractivity contribution in [2.75, 3.05) is 6.54 Å². The molecular weight excluding hydrogens is 260 g/mol. The van der Waals surface area contributed by atoms with Gasteiger partial charge in [0.1, 0.15) is 23.0 Å². The SMILES string of the molecule is CCCNC(c1cc2c(F)cc(F)cc2o1)C(C)(C)C. The van der Waals surface area contributed by atoms with E-state index >= 15 is 0 Å². The molecule has 0 bridgehead atoms. The second-order valence-electron chi connectivity index (χ2n) is 6.20. The van der Waals surface area contributed by atoms with Crippen LogP contribution in [0.15, 0.2) is 22.6 Å². The molecule has 20 heavy (non-hydrogen) atoms. The molecule has 2 nitrogen and oxygen atoms in total. The van der Waals surface area contributed by atoms with E-state index in [4.69, 9.17) is 4.42 Å². The Labute approximate surface area is 118 Å². The van der Waals surface area contributed by atoms with E-state index in [2.05, 4.69) is 33.0 Å². The van der Waals surface area contributed by atoms with E-state index in [9.17, 15) is 8.78 Å². The lowest BCUT2D eigenvalue weighted by atomic mass is 9.85. The molecule has 0 saturated carbocycles. The maximum Gasteiger partial charge on any atom is 0.140 e. The number of hydrogen-bond acceptors (Lipinski definition) is 2. The van der Waals surface area contributed by atoms with Crippen LogP contribution in [0.25, 0.3) is 11.0 Å². The maximum absolute atomic E-state index is 13.8. The van der Waals surface area contributed by atoms with Crippen LogP contribution in [-0.2, 0) is 0 Å². The first-order valence-electron chi connectivity index (χ1n) is 6.94. The Hall–Kier alpha value is -1.42. The Balaban J connectivity index is 2.46. The first-order chi connectivity index (χ1) is 9.32. The Morgan fingerprint density at radius 2 is 1.90 bits per heavy atom. The van der Waals surface area contributed by atoms with E-state index in [1.165, 1.54) is 6.07 Å². The molecule has 0 amide bonds. The first-order valence-corrected chi connectivity index (χ1v) is 6.94. The zero-order chi connectivity index (χ0) is 14.9. The van der Waals surface area contributed by atoms with Gasteiger partial charge in [0.05, 0.1) is 11.4 Å². The molecule has 4 heteroatoms. The van der Waals surface area contributed by atoms with Crippen LogP contribution in [0.4, 0.5) is 8.78 Å². The average molecular weight is 281 g/mol. The normalized spacial score (nSPS) is 13.9. The summed E-state index contributed by atoms with van der Waals surface area (Å²) < 4.78 is 32.7. The van der Waals surface area contributed by atoms with Crippen LogP contribution >= 0.6 is 0 Å². The van der Waals surface area contributed by atoms with Crippen molar-refractivity contribution in [1.29, 1.82) is 0 Å². The molecule has 1 aromatic heterocycles. The van der Waals surface area contributed by atoms with E-state index < -0.39 is 11.6 Å². The van der Waals surface area contributed by atoms with Crippen LogP contribution in [0.5, 0.6) is 0 Å². The lowest BCUT2D eigenvalue weighted by Crippen LogP contribution is -2.32. The first kappa shape index (κ1) is 15.0. The highest BCUT2D eigenvalue weighted by atomic mass is 19.1. The molecule has 0 fully saturated rings. The van der Waals surface area contributed by atoms with Gasteiger partial charge in [0, 0.05) is 12.1 Å². The number of rotatable bonds is 4. The highest BCUT2D eigenvalue weighted by Crippen LogP contribution is 2.36. The van der Waals surface area contributed by atoms with Crippen molar-refractivity contribution in [1.82, 2.24) is 5.32 Å². The van der Waals surface area contributed by atoms with Gasteiger partial charge in [0.15, 0.2) is 0 Å². The Morgan fingerprint density at radius 1 is 1.20 bits per heavy atom. The minimum Gasteiger partial charge on any atom is -0.459 e. The van der Waals surface area contributed by atoms with Crippen molar-refractivity contribution in [3.8, 4) is 0 Å². The van der Waals surface area contributed by atoms with Gasteiger partial charge in [-0.15, -0.1) is 0 Å². The summed E-state index contributed by atoms with van der Waals surface area (Å²) in [6, 6.07) is 3.73. The molecule has 0 spiro atoms. The molecule has 0 aliphatic carbocycles. The topological polar surface area (TPSA) is 25.2 Å². The summed E-state index contributed by atoms with van der Waals surface area (Å²) in [6.07, 6.45) is 0.996. The smallest absolute Gasteiger partial charge is 0.140 e. The zero-order valence-corrected chi connectivity index (χ0v) is 12.4. The molecule has 0 aliphatic heterocycles. The third kappa shape index (κ3) is 3.01. The molecule has 1 unspecified atom stereocenters. The van der Waals surface area contributed by atoms with Crippen molar-refractivity contribution in [3.63, 3.8) is 0 Å². The van der Waals surface area contributed by atoms with E-state index in [0.717, 1.165) is 19.0 Å². The lowest BCUT2D eigenvalue weighted by Gasteiger charge is -2.29. The second-order valence-corrected chi connectivity index (χ2v) is 6.20. The fraction of sp³-hybridized carbons (Fsp3) is 0.500. The van der Waals surface area contributed by atoms with Crippen molar-refractivity contribution in [2.45, 2.75) is 40.2 Å². The quantitative estimate of drug-likeness (QED) is 0.871. The van der Waals surface area contributed by atoms with Crippen molar-refractivity contribution >= 4 is 11.0 Å². The van der Waals surface area contributed by atoms with Crippen LogP contribution in [0.3, 0.4) is 0 Å². The highest BCUT2D eigenvalue weighted by molar-refractivity contribution is 5.78. The van der Waals surface area contributed by atoms with Crippen molar-refractivity contribution in [2.24, 2.45) is 5.41 Å². The molecule has 1 heterocycles. The molecule has 1 N–H and O–H groups in total. The fourth-order valence-corrected chi connectivity index (χ4v) is 2.35. The monoisotopic (exact) mass is 281 g/mol. The molecule has 110 valence electrons. The summed E-state index contributed by atoms with van der Waals surface area (Å²) in [5.74, 6) is -0.562. The largest absolute Gasteiger partial charge is 0.459 e. The van der Waals surface area contributed by atoms with E-state index in [1.807, 2.05) is 0 Å². The number of furan rings is 1. The fourth-order valence-electron chi connectivity index (χ4n) is 2.35. The predicted molar refractivity (Wildman–Crippen MR) is 76.6 cm³/mol. The summed E-state index contributed by atoms with van der Waals surface area (Å²) >= 11 is 0. The van der Waals surface area contributed by atoms with Crippen LogP contribution in [0.1, 0.15) is 45.9 Å². The molecule has 1 aromatic carbocycles. The van der Waals surface area contributed by atoms with Crippen LogP contribution in [0, 0.1) is 17.0 Å². The number of benzene rings is 1. The van der Waals surface area contributed by atoms with Gasteiger partial charge in [-0.3, -0.25) is 0 Å². The second kappa shape index (κ2) is 5.52. The summed E-state index contributed by atoms with van der Waals surface area (Å²) in [7, 11) is 0. The lowest BCUT2D eigenvalue weighted by molar-refractivity contribution is 0.242. The third-order valence-electron chi connectivity index (χ3n) is 3.32. The van der Waals surface area contributed by atoms with Gasteiger partial charge >= 0.3 is 0 Å². The van der Waals surface area contributed by atoms with E-state index in [-0.39, 0.29) is 17.0 Å². The molecular formula is C16H21F2NO. The van der Waals surface area contributed by atoms with Gasteiger partial charge in [-0.2, -0.15) is 0 Å². The van der Waals surface area contributed by atoms with E-state index in [1.54, 1.807) is 6.07 Å². The zero-order valence-electron chi connectivity index (χ0n) is 12.4. The number of hydrogen-bond donors (Lipinski definition) is 1. The van der Waals surface area contributed by atoms with Crippen LogP contribution < -0.4 is 5.32 Å². The summed E-state index contributed by atoms with van der Waals surface area (Å²) in [4.78, 5) is 0. The van der Waals surface area contributed by atoms with Crippen molar-refractivity contribution < 1.29 is 13.2 Å². The summed E-state index contributed by atoms with van der Waals surface area (Å²) in [5, 5.41) is 3.74. The highest BCUT2D eigenvalue weighted by Gasteiger charge is 2.29. The molecule has 2 aromatic rings. The Bertz CT molecular complexity index is 598. The van der Waals surface area contributed by atoms with Gasteiger partial charge in [0.2, 0.25) is 0 Å². The van der Waals surface area contributed by atoms with Gasteiger partial charge in [0.25, 0.3) is 0 Å². The number of fused-ring (bicyclic) bond motifs is 1. The summed E-state index contributed by atoms with van der Waals surface area (Å²) in [5.41, 5.74) is 0.169. The minimum absolute atomic E-state index is 0.0442. The third-order valence-corrected chi connectivity index (χ3v) is 3.32. The molecule has 0 radical (unpaired) electrons. The predicted octanol–water partition coefficient (Wildman–Crippen LogP) is 4.80. The molecule has 0 saturated heterocycles. The van der Waals surface area contributed by atoms with Gasteiger partial charge < -0.3 is 9.73 Å². The Morgan fingerprint density at radius 3 is 2.50 bits per heavy atom. The van der Waals surface area contributed by atoms with Gasteiger partial charge in [-0.05, 0) is 24.4 Å². The minimum atomic E-state index is -0.621. The standard InChI is InChI=1S/C16H21F2NO/c1-5-6-19-15(16(2,3)4)14-9-11-12(18)7-10(17)8-13(11)20-14/h7-9,15,19H,5-6H2,1-4H3. The van der Waals surface area contributed by atoms with Crippen molar-refractivity contribution in [3.05, 3.63) is 35.6 Å². The van der Waals surface area contributed by atoms with E-state index in [0.29, 0.717) is 11.1 Å². The van der Waals surface area contributed by atoms with Crippen LogP contribution in [0.2, 0.25) is 0 Å². The number of halogens is 2. The maximum atomic E-state index is 13.8. The summed E-state index contributed by atoms with van der Waals surface area (Å²) in [6.45, 7) is 9.19. The van der Waals surface area contributed by atoms with Gasteiger partial charge in [-0.1, -0.05) is 27.7 Å². The average Bonchev–Trinajstić information content (AvgIpc) is 2.71. The van der Waals surface area contributed by atoms with Gasteiger partial charge in [-0.25, -0.2) is 8.78 Å². The Kier molecular flexibility index (Phi) is 4.14. The molecule has 2 rings (SSSR count). The molecule has 1 atom stereocenters. The molecule has 0 aliphatic rings.